The van der Waals surface area contributed by atoms with Crippen molar-refractivity contribution in [2.24, 2.45) is 5.92 Å². The average molecular weight is 472 g/mol. The Morgan fingerprint density at radius 1 is 0.829 bits per heavy atom. The van der Waals surface area contributed by atoms with Crippen molar-refractivity contribution in [3.63, 3.8) is 0 Å². The molecule has 2 aliphatic heterocycles. The molecule has 0 unspecified atom stereocenters. The zero-order valence-corrected chi connectivity index (χ0v) is 20.3. The number of hydrogen-bond acceptors (Lipinski definition) is 6. The summed E-state index contributed by atoms with van der Waals surface area (Å²) < 4.78 is 5.49. The Labute approximate surface area is 207 Å². The van der Waals surface area contributed by atoms with Crippen molar-refractivity contribution in [1.82, 2.24) is 15.1 Å². The van der Waals surface area contributed by atoms with Crippen molar-refractivity contribution in [1.29, 1.82) is 0 Å². The molecule has 0 saturated carbocycles. The Morgan fingerprint density at radius 3 is 2.23 bits per heavy atom. The summed E-state index contributed by atoms with van der Waals surface area (Å²) in [5.74, 6) is 2.38. The van der Waals surface area contributed by atoms with E-state index in [2.05, 4.69) is 56.4 Å². The zero-order valence-electron chi connectivity index (χ0n) is 20.3. The molecule has 182 valence electrons. The topological polar surface area (TPSA) is 61.8 Å². The van der Waals surface area contributed by atoms with Crippen LogP contribution in [0, 0.1) is 5.92 Å². The third kappa shape index (κ3) is 5.39. The molecule has 5 rings (SSSR count). The lowest BCUT2D eigenvalue weighted by atomic mass is 9.90. The minimum Gasteiger partial charge on any atom is -0.495 e. The van der Waals surface area contributed by atoms with Crippen molar-refractivity contribution >= 4 is 17.4 Å². The van der Waals surface area contributed by atoms with Crippen LogP contribution in [0.25, 0.3) is 0 Å². The molecule has 7 heteroatoms. The summed E-state index contributed by atoms with van der Waals surface area (Å²) in [5.41, 5.74) is 2.90. The van der Waals surface area contributed by atoms with E-state index >= 15 is 0 Å². The second kappa shape index (κ2) is 10.8. The van der Waals surface area contributed by atoms with Gasteiger partial charge in [0, 0.05) is 39.3 Å². The summed E-state index contributed by atoms with van der Waals surface area (Å²) in [5, 5.41) is 8.72. The van der Waals surface area contributed by atoms with Gasteiger partial charge >= 0.3 is 0 Å². The monoisotopic (exact) mass is 471 g/mol. The number of hydrogen-bond donors (Lipinski definition) is 0. The van der Waals surface area contributed by atoms with Crippen molar-refractivity contribution < 1.29 is 9.53 Å². The van der Waals surface area contributed by atoms with E-state index in [1.807, 2.05) is 35.2 Å². The highest BCUT2D eigenvalue weighted by Gasteiger charge is 2.25. The van der Waals surface area contributed by atoms with Crippen LogP contribution in [-0.4, -0.2) is 67.4 Å². The summed E-state index contributed by atoms with van der Waals surface area (Å²) >= 11 is 0. The van der Waals surface area contributed by atoms with Gasteiger partial charge in [0.15, 0.2) is 11.5 Å². The molecule has 2 aliphatic rings. The molecule has 3 aromatic rings. The minimum atomic E-state index is -0.0507. The SMILES string of the molecule is COc1ccccc1N1CCN(C(=O)c2ccc(N3CCC(Cc4ccccc4)CC3)nn2)CC1. The van der Waals surface area contributed by atoms with Crippen LogP contribution in [0.5, 0.6) is 5.75 Å². The lowest BCUT2D eigenvalue weighted by Crippen LogP contribution is -2.49. The van der Waals surface area contributed by atoms with E-state index in [9.17, 15) is 4.79 Å². The Morgan fingerprint density at radius 2 is 1.54 bits per heavy atom. The van der Waals surface area contributed by atoms with Gasteiger partial charge in [0.2, 0.25) is 0 Å². The van der Waals surface area contributed by atoms with E-state index in [-0.39, 0.29) is 5.91 Å². The van der Waals surface area contributed by atoms with Crippen LogP contribution in [0.3, 0.4) is 0 Å². The van der Waals surface area contributed by atoms with E-state index < -0.39 is 0 Å². The molecular formula is C28H33N5O2. The van der Waals surface area contributed by atoms with E-state index in [0.717, 1.165) is 62.7 Å². The number of piperidine rings is 1. The van der Waals surface area contributed by atoms with Gasteiger partial charge in [-0.15, -0.1) is 10.2 Å². The first-order valence-corrected chi connectivity index (χ1v) is 12.5. The quantitative estimate of drug-likeness (QED) is 0.543. The number of methoxy groups -OCH3 is 1. The normalized spacial score (nSPS) is 16.9. The molecule has 1 amide bonds. The molecule has 2 saturated heterocycles. The maximum Gasteiger partial charge on any atom is 0.274 e. The molecule has 3 heterocycles. The summed E-state index contributed by atoms with van der Waals surface area (Å²) in [6, 6.07) is 22.5. The second-order valence-corrected chi connectivity index (χ2v) is 9.35. The standard InChI is InChI=1S/C28H33N5O2/c1-35-26-10-6-5-9-25(26)31-17-19-33(20-18-31)28(34)24-11-12-27(30-29-24)32-15-13-23(14-16-32)21-22-7-3-2-4-8-22/h2-12,23H,13-21H2,1H3. The largest absolute Gasteiger partial charge is 0.495 e. The van der Waals surface area contributed by atoms with Gasteiger partial charge in [0.25, 0.3) is 5.91 Å². The van der Waals surface area contributed by atoms with Crippen LogP contribution in [0.2, 0.25) is 0 Å². The number of ether oxygens (including phenoxy) is 1. The van der Waals surface area contributed by atoms with Gasteiger partial charge in [-0.2, -0.15) is 0 Å². The molecule has 0 aliphatic carbocycles. The van der Waals surface area contributed by atoms with Crippen LogP contribution >= 0.6 is 0 Å². The summed E-state index contributed by atoms with van der Waals surface area (Å²) in [4.78, 5) is 19.5. The lowest BCUT2D eigenvalue weighted by Gasteiger charge is -2.36. The van der Waals surface area contributed by atoms with E-state index in [0.29, 0.717) is 24.7 Å². The van der Waals surface area contributed by atoms with Crippen molar-refractivity contribution in [2.75, 3.05) is 56.2 Å². The van der Waals surface area contributed by atoms with Crippen LogP contribution in [0.1, 0.15) is 28.9 Å². The van der Waals surface area contributed by atoms with Gasteiger partial charge in [0.1, 0.15) is 5.75 Å². The fourth-order valence-electron chi connectivity index (χ4n) is 5.13. The number of amides is 1. The van der Waals surface area contributed by atoms with E-state index in [4.69, 9.17) is 4.74 Å². The molecule has 7 nitrogen and oxygen atoms in total. The molecular weight excluding hydrogens is 438 g/mol. The lowest BCUT2D eigenvalue weighted by molar-refractivity contribution is 0.0739. The maximum absolute atomic E-state index is 13.0. The highest BCUT2D eigenvalue weighted by atomic mass is 16.5. The third-order valence-corrected chi connectivity index (χ3v) is 7.17. The highest BCUT2D eigenvalue weighted by molar-refractivity contribution is 5.92. The number of para-hydroxylation sites is 2. The van der Waals surface area contributed by atoms with Crippen LogP contribution in [0.4, 0.5) is 11.5 Å². The number of carbonyl (C=O) groups excluding carboxylic acids is 1. The van der Waals surface area contributed by atoms with Crippen LogP contribution < -0.4 is 14.5 Å². The Hall–Kier alpha value is -3.61. The summed E-state index contributed by atoms with van der Waals surface area (Å²) in [6.45, 7) is 4.77. The number of nitrogens with zero attached hydrogens (tertiary/aromatic N) is 5. The van der Waals surface area contributed by atoms with Gasteiger partial charge in [-0.1, -0.05) is 42.5 Å². The van der Waals surface area contributed by atoms with Crippen LogP contribution in [0.15, 0.2) is 66.7 Å². The first-order chi connectivity index (χ1) is 17.2. The maximum atomic E-state index is 13.0. The van der Waals surface area contributed by atoms with E-state index in [1.165, 1.54) is 5.56 Å². The third-order valence-electron chi connectivity index (χ3n) is 7.17. The van der Waals surface area contributed by atoms with Crippen molar-refractivity contribution in [2.45, 2.75) is 19.3 Å². The predicted octanol–water partition coefficient (Wildman–Crippen LogP) is 3.91. The fraction of sp³-hybridized carbons (Fsp3) is 0.393. The molecule has 0 bridgehead atoms. The second-order valence-electron chi connectivity index (χ2n) is 9.35. The van der Waals surface area contributed by atoms with Gasteiger partial charge in [-0.25, -0.2) is 0 Å². The van der Waals surface area contributed by atoms with E-state index in [1.54, 1.807) is 7.11 Å². The number of aromatic nitrogens is 2. The van der Waals surface area contributed by atoms with Crippen molar-refractivity contribution in [3.8, 4) is 5.75 Å². The fourth-order valence-corrected chi connectivity index (χ4v) is 5.13. The molecule has 2 aromatic carbocycles. The Kier molecular flexibility index (Phi) is 7.12. The van der Waals surface area contributed by atoms with Crippen LogP contribution in [-0.2, 0) is 6.42 Å². The number of piperazine rings is 1. The van der Waals surface area contributed by atoms with Gasteiger partial charge in [-0.3, -0.25) is 4.79 Å². The molecule has 0 N–H and O–H groups in total. The number of benzene rings is 2. The van der Waals surface area contributed by atoms with Crippen molar-refractivity contribution in [3.05, 3.63) is 78.0 Å². The smallest absolute Gasteiger partial charge is 0.274 e. The number of rotatable bonds is 6. The average Bonchev–Trinajstić information content (AvgIpc) is 2.94. The van der Waals surface area contributed by atoms with Gasteiger partial charge in [-0.05, 0) is 55.0 Å². The van der Waals surface area contributed by atoms with Gasteiger partial charge in [0.05, 0.1) is 12.8 Å². The summed E-state index contributed by atoms with van der Waals surface area (Å²) in [7, 11) is 1.69. The molecule has 0 atom stereocenters. The minimum absolute atomic E-state index is 0.0507. The first kappa shape index (κ1) is 23.1. The Bertz CT molecular complexity index is 1110. The predicted molar refractivity (Wildman–Crippen MR) is 138 cm³/mol. The molecule has 0 spiro atoms. The molecule has 0 radical (unpaired) electrons. The Balaban J connectivity index is 1.13. The number of carbonyl (C=O) groups is 1. The first-order valence-electron chi connectivity index (χ1n) is 12.5. The summed E-state index contributed by atoms with van der Waals surface area (Å²) in [6.07, 6.45) is 3.43. The zero-order chi connectivity index (χ0) is 24.0. The highest BCUT2D eigenvalue weighted by Crippen LogP contribution is 2.29. The number of anilines is 2. The van der Waals surface area contributed by atoms with Gasteiger partial charge < -0.3 is 19.4 Å². The molecule has 35 heavy (non-hydrogen) atoms. The molecule has 1 aromatic heterocycles. The molecule has 2 fully saturated rings.